The summed E-state index contributed by atoms with van der Waals surface area (Å²) < 4.78 is 16.6. The van der Waals surface area contributed by atoms with E-state index in [1.165, 1.54) is 122 Å². The van der Waals surface area contributed by atoms with Crippen LogP contribution in [-0.4, -0.2) is 100 Å². The molecule has 0 radical (unpaired) electrons. The van der Waals surface area contributed by atoms with Gasteiger partial charge < -0.3 is 45.1 Å². The molecule has 0 bridgehead atoms. The highest BCUT2D eigenvalue weighted by Gasteiger charge is 2.44. The predicted octanol–water partition coefficient (Wildman–Crippen LogP) is 13.1. The molecule has 6 N–H and O–H groups in total. The third-order valence-electron chi connectivity index (χ3n) is 13.3. The largest absolute Gasteiger partial charge is 0.465 e. The number of ether oxygens (including phenoxy) is 3. The van der Waals surface area contributed by atoms with Crippen molar-refractivity contribution in [3.63, 3.8) is 0 Å². The molecule has 0 aliphatic carbocycles. The fourth-order valence-corrected chi connectivity index (χ4v) is 8.72. The van der Waals surface area contributed by atoms with Gasteiger partial charge in [-0.2, -0.15) is 0 Å². The first-order chi connectivity index (χ1) is 34.7. The van der Waals surface area contributed by atoms with Crippen LogP contribution in [0.2, 0.25) is 0 Å². The summed E-state index contributed by atoms with van der Waals surface area (Å²) >= 11 is 0. The van der Waals surface area contributed by atoms with Crippen LogP contribution in [-0.2, 0) is 23.8 Å². The zero-order chi connectivity index (χ0) is 51.7. The first-order valence-electron chi connectivity index (χ1n) is 29.1. The van der Waals surface area contributed by atoms with Gasteiger partial charge in [0, 0.05) is 12.8 Å². The second kappa shape index (κ2) is 49.6. The topological polar surface area (TPSA) is 175 Å². The summed E-state index contributed by atoms with van der Waals surface area (Å²) in [5.74, 6) is -0.254. The van der Waals surface area contributed by atoms with Crippen LogP contribution >= 0.6 is 0 Å². The van der Waals surface area contributed by atoms with Gasteiger partial charge in [-0.15, -0.1) is 0 Å². The van der Waals surface area contributed by atoms with E-state index in [0.29, 0.717) is 19.4 Å². The number of nitrogens with one attached hydrogen (secondary N) is 1. The summed E-state index contributed by atoms with van der Waals surface area (Å²) in [6.45, 7) is 4.12. The van der Waals surface area contributed by atoms with Crippen LogP contribution in [0.1, 0.15) is 245 Å². The lowest BCUT2D eigenvalue weighted by atomic mass is 9.99. The maximum atomic E-state index is 13.0. The number of amides is 1. The van der Waals surface area contributed by atoms with Crippen molar-refractivity contribution in [2.75, 3.05) is 19.8 Å². The summed E-state index contributed by atoms with van der Waals surface area (Å²) in [5, 5.41) is 54.2. The molecule has 1 aliphatic heterocycles. The molecule has 1 heterocycles. The highest BCUT2D eigenvalue weighted by atomic mass is 16.7. The number of aliphatic hydroxyl groups excluding tert-OH is 5. The first-order valence-corrected chi connectivity index (χ1v) is 29.1. The van der Waals surface area contributed by atoms with E-state index in [1.54, 1.807) is 6.08 Å². The highest BCUT2D eigenvalue weighted by Crippen LogP contribution is 2.23. The molecule has 1 rings (SSSR count). The van der Waals surface area contributed by atoms with E-state index < -0.39 is 49.5 Å². The van der Waals surface area contributed by atoms with Gasteiger partial charge in [0.1, 0.15) is 24.4 Å². The SMILES string of the molecule is CCC/C=C/CC/C=C/CC/C=C/C(O)C(COC1OC(CO)C(O)C(O)C1O)NC(=O)CCCCCCCCCCCCCCCC/C=C\C/C=C\CCOC(=O)CCCCCCCCCCCCC. The Bertz CT molecular complexity index is 1360. The molecular weight excluding hydrogens is 895 g/mol. The fourth-order valence-electron chi connectivity index (χ4n) is 8.72. The van der Waals surface area contributed by atoms with Crippen molar-refractivity contribution in [2.45, 2.75) is 288 Å². The minimum Gasteiger partial charge on any atom is -0.465 e. The number of unbranched alkanes of at least 4 members (excludes halogenated alkanes) is 27. The molecule has 412 valence electrons. The molecule has 0 aromatic rings. The zero-order valence-corrected chi connectivity index (χ0v) is 45.2. The lowest BCUT2D eigenvalue weighted by Crippen LogP contribution is -2.60. The standard InChI is InChI=1S/C60H107NO10/c1-3-5-7-9-11-13-26-30-34-38-42-46-53(63)52(51-70-60-59(68)58(67)57(66)54(50-62)71-60)61-55(64)47-43-39-35-31-28-24-22-20-18-16-15-17-19-21-23-25-29-33-37-41-45-49-69-56(65)48-44-40-36-32-27-14-12-10-8-6-4-2/h7,9,25-26,29-30,37,41-42,46,52-54,57-60,62-63,66-68H,3-6,8,10-24,27-28,31-36,38-40,43-45,47-51H2,1-2H3,(H,61,64)/b9-7+,29-25-,30-26+,41-37-,46-42+. The van der Waals surface area contributed by atoms with Crippen molar-refractivity contribution in [2.24, 2.45) is 0 Å². The van der Waals surface area contributed by atoms with Crippen LogP contribution in [0.15, 0.2) is 60.8 Å². The van der Waals surface area contributed by atoms with Crippen LogP contribution < -0.4 is 5.32 Å². The molecule has 1 aliphatic rings. The molecule has 0 aromatic carbocycles. The number of aliphatic hydroxyl groups is 5. The Kier molecular flexibility index (Phi) is 46.3. The van der Waals surface area contributed by atoms with E-state index in [2.05, 4.69) is 67.8 Å². The smallest absolute Gasteiger partial charge is 0.305 e. The van der Waals surface area contributed by atoms with Crippen LogP contribution in [0.4, 0.5) is 0 Å². The van der Waals surface area contributed by atoms with Crippen LogP contribution in [0.3, 0.4) is 0 Å². The van der Waals surface area contributed by atoms with Gasteiger partial charge in [0.2, 0.25) is 5.91 Å². The van der Waals surface area contributed by atoms with E-state index in [1.807, 2.05) is 6.08 Å². The van der Waals surface area contributed by atoms with E-state index in [9.17, 15) is 35.1 Å². The number of allylic oxidation sites excluding steroid dienone is 8. The summed E-state index contributed by atoms with van der Waals surface area (Å²) in [6, 6.07) is -0.838. The third kappa shape index (κ3) is 39.5. The molecular formula is C60H107NO10. The maximum absolute atomic E-state index is 13.0. The number of esters is 1. The van der Waals surface area contributed by atoms with E-state index >= 15 is 0 Å². The van der Waals surface area contributed by atoms with Crippen molar-refractivity contribution in [3.05, 3.63) is 60.8 Å². The predicted molar refractivity (Wildman–Crippen MR) is 292 cm³/mol. The van der Waals surface area contributed by atoms with E-state index in [-0.39, 0.29) is 18.5 Å². The van der Waals surface area contributed by atoms with Gasteiger partial charge in [-0.3, -0.25) is 9.59 Å². The Morgan fingerprint density at radius 3 is 1.52 bits per heavy atom. The molecule has 11 nitrogen and oxygen atoms in total. The van der Waals surface area contributed by atoms with Gasteiger partial charge in [-0.1, -0.05) is 222 Å². The Balaban J connectivity index is 2.10. The Labute approximate surface area is 433 Å². The minimum atomic E-state index is -1.58. The Morgan fingerprint density at radius 2 is 0.986 bits per heavy atom. The van der Waals surface area contributed by atoms with Gasteiger partial charge in [-0.25, -0.2) is 0 Å². The molecule has 7 unspecified atom stereocenters. The van der Waals surface area contributed by atoms with Gasteiger partial charge >= 0.3 is 5.97 Å². The molecule has 0 saturated carbocycles. The lowest BCUT2D eigenvalue weighted by Gasteiger charge is -2.40. The quantitative estimate of drug-likeness (QED) is 0.0195. The van der Waals surface area contributed by atoms with Gasteiger partial charge in [0.15, 0.2) is 6.29 Å². The summed E-state index contributed by atoms with van der Waals surface area (Å²) in [7, 11) is 0. The van der Waals surface area contributed by atoms with Crippen LogP contribution in [0.5, 0.6) is 0 Å². The Morgan fingerprint density at radius 1 is 0.521 bits per heavy atom. The summed E-state index contributed by atoms with van der Waals surface area (Å²) in [6.07, 6.45) is 53.4. The van der Waals surface area contributed by atoms with Gasteiger partial charge in [-0.05, 0) is 70.6 Å². The second-order valence-electron chi connectivity index (χ2n) is 20.0. The van der Waals surface area contributed by atoms with Crippen molar-refractivity contribution in [1.82, 2.24) is 5.32 Å². The molecule has 0 spiro atoms. The van der Waals surface area contributed by atoms with Crippen molar-refractivity contribution in [1.29, 1.82) is 0 Å². The lowest BCUT2D eigenvalue weighted by molar-refractivity contribution is -0.302. The molecule has 1 saturated heterocycles. The average molecular weight is 1000 g/mol. The summed E-state index contributed by atoms with van der Waals surface area (Å²) in [4.78, 5) is 25.0. The van der Waals surface area contributed by atoms with Crippen molar-refractivity contribution >= 4 is 11.9 Å². The number of carbonyl (C=O) groups is 2. The number of hydrogen-bond acceptors (Lipinski definition) is 10. The van der Waals surface area contributed by atoms with Crippen LogP contribution in [0.25, 0.3) is 0 Å². The fraction of sp³-hybridized carbons (Fsp3) is 0.800. The van der Waals surface area contributed by atoms with Crippen molar-refractivity contribution < 1.29 is 49.3 Å². The molecule has 1 amide bonds. The number of rotatable bonds is 49. The zero-order valence-electron chi connectivity index (χ0n) is 45.2. The third-order valence-corrected chi connectivity index (χ3v) is 13.3. The first kappa shape index (κ1) is 66.4. The minimum absolute atomic E-state index is 0.0505. The average Bonchev–Trinajstić information content (AvgIpc) is 3.37. The number of carbonyl (C=O) groups excluding carboxylic acids is 2. The highest BCUT2D eigenvalue weighted by molar-refractivity contribution is 5.76. The normalized spacial score (nSPS) is 19.6. The number of hydrogen-bond donors (Lipinski definition) is 6. The Hall–Kier alpha value is -2.64. The molecule has 1 fully saturated rings. The maximum Gasteiger partial charge on any atom is 0.305 e. The van der Waals surface area contributed by atoms with Gasteiger partial charge in [0.05, 0.1) is 32.0 Å². The van der Waals surface area contributed by atoms with E-state index in [0.717, 1.165) is 96.3 Å². The molecule has 7 atom stereocenters. The summed E-state index contributed by atoms with van der Waals surface area (Å²) in [5.41, 5.74) is 0. The van der Waals surface area contributed by atoms with Crippen molar-refractivity contribution in [3.8, 4) is 0 Å². The second-order valence-corrected chi connectivity index (χ2v) is 20.0. The monoisotopic (exact) mass is 1000 g/mol. The molecule has 11 heteroatoms. The van der Waals surface area contributed by atoms with E-state index in [4.69, 9.17) is 14.2 Å². The van der Waals surface area contributed by atoms with Crippen LogP contribution in [0, 0.1) is 0 Å². The molecule has 0 aromatic heterocycles. The molecule has 71 heavy (non-hydrogen) atoms. The van der Waals surface area contributed by atoms with Gasteiger partial charge in [0.25, 0.3) is 0 Å².